The number of ether oxygens (including phenoxy) is 1. The molecule has 43 heavy (non-hydrogen) atoms. The molecule has 0 unspecified atom stereocenters. The first-order chi connectivity index (χ1) is 20.5. The minimum atomic E-state index is -2.57. The molecule has 3 aromatic carbocycles. The first-order valence-electron chi connectivity index (χ1n) is 15.1. The summed E-state index contributed by atoms with van der Waals surface area (Å²) in [6.07, 6.45) is -0.225. The normalized spacial score (nSPS) is 13.0. The number of rotatable bonds is 14. The second-order valence-electron chi connectivity index (χ2n) is 11.9. The Morgan fingerprint density at radius 3 is 1.47 bits per heavy atom. The highest BCUT2D eigenvalue weighted by Crippen LogP contribution is 2.42. The minimum Gasteiger partial charge on any atom is -0.517 e. The predicted molar refractivity (Wildman–Crippen MR) is 173 cm³/mol. The average molecular weight is 603 g/mol. The monoisotopic (exact) mass is 602 g/mol. The molecule has 230 valence electrons. The lowest BCUT2D eigenvalue weighted by Gasteiger charge is -2.42. The number of carbonyl (C=O) groups excluding carboxylic acids is 3. The van der Waals surface area contributed by atoms with E-state index in [-0.39, 0.29) is 36.1 Å². The van der Waals surface area contributed by atoms with Gasteiger partial charge in [0.15, 0.2) is 0 Å². The molecule has 0 spiro atoms. The number of benzene rings is 3. The van der Waals surface area contributed by atoms with Crippen LogP contribution in [0.2, 0.25) is 16.6 Å². The van der Waals surface area contributed by atoms with Crippen molar-refractivity contribution in [3.05, 3.63) is 108 Å². The van der Waals surface area contributed by atoms with Crippen LogP contribution in [-0.4, -0.2) is 38.4 Å². The van der Waals surface area contributed by atoms with Gasteiger partial charge in [-0.3, -0.25) is 9.59 Å². The van der Waals surface area contributed by atoms with Crippen molar-refractivity contribution < 1.29 is 23.5 Å². The summed E-state index contributed by atoms with van der Waals surface area (Å²) in [6.45, 7) is 12.8. The fourth-order valence-corrected chi connectivity index (χ4v) is 11.1. The van der Waals surface area contributed by atoms with Gasteiger partial charge in [-0.25, -0.2) is 4.79 Å². The zero-order valence-corrected chi connectivity index (χ0v) is 27.2. The zero-order valence-electron chi connectivity index (χ0n) is 26.2. The first kappa shape index (κ1) is 33.6. The Morgan fingerprint density at radius 2 is 1.02 bits per heavy atom. The van der Waals surface area contributed by atoms with E-state index in [9.17, 15) is 14.4 Å². The van der Waals surface area contributed by atoms with Gasteiger partial charge >= 0.3 is 12.1 Å². The maximum Gasteiger partial charge on any atom is 0.408 e. The lowest BCUT2D eigenvalue weighted by molar-refractivity contribution is -0.140. The molecule has 0 aliphatic rings. The van der Waals surface area contributed by atoms with Gasteiger partial charge in [0.05, 0.1) is 0 Å². The van der Waals surface area contributed by atoms with Gasteiger partial charge in [0.1, 0.15) is 18.7 Å². The van der Waals surface area contributed by atoms with Crippen LogP contribution in [0.1, 0.15) is 58.2 Å². The fourth-order valence-electron chi connectivity index (χ4n) is 5.88. The molecule has 2 atom stereocenters. The van der Waals surface area contributed by atoms with Crippen molar-refractivity contribution in [1.82, 2.24) is 10.6 Å². The Balaban J connectivity index is 1.85. The summed E-state index contributed by atoms with van der Waals surface area (Å²) in [4.78, 5) is 40.7. The molecule has 0 heterocycles. The first-order valence-corrected chi connectivity index (χ1v) is 17.2. The number of amides is 2. The molecule has 0 bridgehead atoms. The Morgan fingerprint density at radius 1 is 0.605 bits per heavy atom. The van der Waals surface area contributed by atoms with E-state index in [0.717, 1.165) is 16.7 Å². The molecule has 0 fully saturated rings. The van der Waals surface area contributed by atoms with Crippen LogP contribution in [0.4, 0.5) is 4.79 Å². The van der Waals surface area contributed by atoms with E-state index in [1.54, 1.807) is 0 Å². The third kappa shape index (κ3) is 9.54. The highest BCUT2D eigenvalue weighted by Gasteiger charge is 2.49. The van der Waals surface area contributed by atoms with Crippen LogP contribution in [0.15, 0.2) is 91.0 Å². The van der Waals surface area contributed by atoms with Crippen molar-refractivity contribution >= 4 is 26.3 Å². The van der Waals surface area contributed by atoms with E-state index >= 15 is 0 Å². The smallest absolute Gasteiger partial charge is 0.408 e. The van der Waals surface area contributed by atoms with Gasteiger partial charge in [0, 0.05) is 12.8 Å². The van der Waals surface area contributed by atoms with Crippen LogP contribution in [0.5, 0.6) is 0 Å². The molecule has 7 nitrogen and oxygen atoms in total. The summed E-state index contributed by atoms with van der Waals surface area (Å²) in [5.41, 5.74) is 3.16. The topological polar surface area (TPSA) is 93.7 Å². The molecule has 0 radical (unpaired) electrons. The second-order valence-corrected chi connectivity index (χ2v) is 17.3. The van der Waals surface area contributed by atoms with E-state index in [2.05, 4.69) is 52.2 Å². The molecule has 3 rings (SSSR count). The van der Waals surface area contributed by atoms with Gasteiger partial charge in [-0.1, -0.05) is 133 Å². The summed E-state index contributed by atoms with van der Waals surface area (Å²) >= 11 is 0. The highest BCUT2D eigenvalue weighted by atomic mass is 28.4. The van der Waals surface area contributed by atoms with Gasteiger partial charge in [-0.05, 0) is 33.3 Å². The Labute approximate surface area is 257 Å². The van der Waals surface area contributed by atoms with E-state index in [0.29, 0.717) is 0 Å². The Hall–Kier alpha value is -3.91. The van der Waals surface area contributed by atoms with Crippen LogP contribution in [0.3, 0.4) is 0 Å². The van der Waals surface area contributed by atoms with Crippen LogP contribution < -0.4 is 10.6 Å². The van der Waals surface area contributed by atoms with E-state index in [1.807, 2.05) is 91.0 Å². The van der Waals surface area contributed by atoms with Gasteiger partial charge in [0.2, 0.25) is 5.91 Å². The maximum atomic E-state index is 14.0. The standard InChI is InChI=1S/C35H46N2O5Si/c1-25(2)43(26(3)4,27(5)6)42-34(39)32(23-29-18-12-8-13-19-29)36-33(38)31(22-28-16-10-7-11-17-28)37-35(40)41-24-30-20-14-9-15-21-30/h7-21,25-27,31-32H,22-24H2,1-6H3,(H,36,38)(H,37,40)/t31-,32-/m0/s1. The molecule has 2 amide bonds. The molecular formula is C35H46N2O5Si. The molecule has 8 heteroatoms. The van der Waals surface area contributed by atoms with E-state index < -0.39 is 38.4 Å². The van der Waals surface area contributed by atoms with E-state index in [1.165, 1.54) is 0 Å². The minimum absolute atomic E-state index is 0.0711. The van der Waals surface area contributed by atoms with Crippen LogP contribution >= 0.6 is 0 Å². The molecule has 0 aliphatic heterocycles. The van der Waals surface area contributed by atoms with Crippen molar-refractivity contribution in [2.45, 2.75) is 89.7 Å². The van der Waals surface area contributed by atoms with Gasteiger partial charge in [-0.2, -0.15) is 0 Å². The fraction of sp³-hybridized carbons (Fsp3) is 0.400. The molecule has 3 aromatic rings. The largest absolute Gasteiger partial charge is 0.517 e. The molecule has 2 N–H and O–H groups in total. The highest BCUT2D eigenvalue weighted by molar-refractivity contribution is 6.79. The molecular weight excluding hydrogens is 556 g/mol. The third-order valence-electron chi connectivity index (χ3n) is 7.97. The molecule has 0 saturated heterocycles. The lowest BCUT2D eigenvalue weighted by Crippen LogP contribution is -2.56. The third-order valence-corrected chi connectivity index (χ3v) is 13.9. The molecule has 0 saturated carbocycles. The van der Waals surface area contributed by atoms with Crippen molar-refractivity contribution in [1.29, 1.82) is 0 Å². The summed E-state index contributed by atoms with van der Waals surface area (Å²) in [7, 11) is -2.57. The number of nitrogens with one attached hydrogen (secondary N) is 2. The van der Waals surface area contributed by atoms with Crippen molar-refractivity contribution in [2.24, 2.45) is 0 Å². The summed E-state index contributed by atoms with van der Waals surface area (Å²) in [6, 6.07) is 26.4. The number of carbonyl (C=O) groups is 3. The van der Waals surface area contributed by atoms with Gasteiger partial charge in [-0.15, -0.1) is 0 Å². The number of hydrogen-bond donors (Lipinski definition) is 2. The Kier molecular flexibility index (Phi) is 12.6. The molecule has 0 aromatic heterocycles. The van der Waals surface area contributed by atoms with Gasteiger partial charge in [0.25, 0.3) is 8.32 Å². The zero-order chi connectivity index (χ0) is 31.4. The van der Waals surface area contributed by atoms with Gasteiger partial charge < -0.3 is 19.8 Å². The van der Waals surface area contributed by atoms with Crippen LogP contribution in [0, 0.1) is 0 Å². The lowest BCUT2D eigenvalue weighted by atomic mass is 10.0. The second kappa shape index (κ2) is 16.1. The quantitative estimate of drug-likeness (QED) is 0.194. The SMILES string of the molecule is CC(C)[Si](OC(=O)[C@H](Cc1ccccc1)NC(=O)[C@H](Cc1ccccc1)NC(=O)OCc1ccccc1)(C(C)C)C(C)C. The predicted octanol–water partition coefficient (Wildman–Crippen LogP) is 6.97. The number of hydrogen-bond acceptors (Lipinski definition) is 5. The summed E-state index contributed by atoms with van der Waals surface area (Å²) in [5, 5.41) is 5.67. The maximum absolute atomic E-state index is 14.0. The number of alkyl carbamates (subject to hydrolysis) is 1. The Bertz CT molecular complexity index is 1280. The van der Waals surface area contributed by atoms with E-state index in [4.69, 9.17) is 9.16 Å². The summed E-state index contributed by atoms with van der Waals surface area (Å²) in [5.74, 6) is -0.922. The van der Waals surface area contributed by atoms with Crippen molar-refractivity contribution in [3.8, 4) is 0 Å². The average Bonchev–Trinajstić information content (AvgIpc) is 2.99. The van der Waals surface area contributed by atoms with Crippen molar-refractivity contribution in [2.75, 3.05) is 0 Å². The van der Waals surface area contributed by atoms with Crippen LogP contribution in [0.25, 0.3) is 0 Å². The molecule has 0 aliphatic carbocycles. The van der Waals surface area contributed by atoms with Crippen molar-refractivity contribution in [3.63, 3.8) is 0 Å². The summed E-state index contributed by atoms with van der Waals surface area (Å²) < 4.78 is 11.9. The van der Waals surface area contributed by atoms with Crippen LogP contribution in [-0.2, 0) is 38.2 Å².